The minimum Gasteiger partial charge on any atom is -0.497 e. The molecular formula is C21H20FN3O2. The molecule has 0 spiro atoms. The van der Waals surface area contributed by atoms with Crippen LogP contribution in [0.15, 0.2) is 66.9 Å². The number of amides is 1. The number of aromatic nitrogens is 1. The van der Waals surface area contributed by atoms with Gasteiger partial charge >= 0.3 is 0 Å². The zero-order valence-electron chi connectivity index (χ0n) is 14.9. The number of pyridine rings is 1. The number of carbonyl (C=O) groups is 1. The molecule has 0 aliphatic rings. The molecule has 0 atom stereocenters. The average Bonchev–Trinajstić information content (AvgIpc) is 2.71. The molecule has 2 aromatic carbocycles. The lowest BCUT2D eigenvalue weighted by molar-refractivity contribution is 0.102. The van der Waals surface area contributed by atoms with Crippen LogP contribution in [0.3, 0.4) is 0 Å². The molecule has 6 heteroatoms. The number of hydrogen-bond acceptors (Lipinski definition) is 4. The summed E-state index contributed by atoms with van der Waals surface area (Å²) in [4.78, 5) is 16.5. The van der Waals surface area contributed by atoms with Gasteiger partial charge in [0.25, 0.3) is 5.91 Å². The molecule has 0 radical (unpaired) electrons. The Kier molecular flexibility index (Phi) is 5.99. The predicted molar refractivity (Wildman–Crippen MR) is 104 cm³/mol. The molecule has 1 aromatic heterocycles. The van der Waals surface area contributed by atoms with Crippen molar-refractivity contribution in [2.75, 3.05) is 24.3 Å². The quantitative estimate of drug-likeness (QED) is 0.661. The molecule has 0 saturated heterocycles. The van der Waals surface area contributed by atoms with Gasteiger partial charge in [-0.15, -0.1) is 0 Å². The predicted octanol–water partition coefficient (Wildman–Crippen LogP) is 4.14. The highest BCUT2D eigenvalue weighted by molar-refractivity contribution is 6.03. The topological polar surface area (TPSA) is 63.2 Å². The van der Waals surface area contributed by atoms with E-state index in [-0.39, 0.29) is 11.7 Å². The molecule has 0 aliphatic heterocycles. The van der Waals surface area contributed by atoms with Crippen LogP contribution in [0, 0.1) is 5.82 Å². The highest BCUT2D eigenvalue weighted by atomic mass is 19.1. The van der Waals surface area contributed by atoms with Crippen molar-refractivity contribution in [1.82, 2.24) is 4.98 Å². The maximum atomic E-state index is 12.9. The highest BCUT2D eigenvalue weighted by Crippen LogP contribution is 2.14. The number of hydrogen-bond donors (Lipinski definition) is 2. The molecule has 3 aromatic rings. The Labute approximate surface area is 157 Å². The minimum absolute atomic E-state index is 0.233. The van der Waals surface area contributed by atoms with Crippen LogP contribution in [0.2, 0.25) is 0 Å². The smallest absolute Gasteiger partial charge is 0.256 e. The molecule has 5 nitrogen and oxygen atoms in total. The van der Waals surface area contributed by atoms with Crippen LogP contribution in [0.1, 0.15) is 15.9 Å². The summed E-state index contributed by atoms with van der Waals surface area (Å²) in [7, 11) is 1.58. The molecule has 0 unspecified atom stereocenters. The average molecular weight is 365 g/mol. The van der Waals surface area contributed by atoms with Gasteiger partial charge in [0.15, 0.2) is 0 Å². The van der Waals surface area contributed by atoms with Crippen LogP contribution < -0.4 is 15.4 Å². The maximum absolute atomic E-state index is 12.9. The Morgan fingerprint density at radius 1 is 1.04 bits per heavy atom. The minimum atomic E-state index is -0.234. The third-order valence-electron chi connectivity index (χ3n) is 4.01. The van der Waals surface area contributed by atoms with Crippen molar-refractivity contribution in [2.24, 2.45) is 0 Å². The zero-order valence-corrected chi connectivity index (χ0v) is 14.9. The van der Waals surface area contributed by atoms with Gasteiger partial charge in [0, 0.05) is 12.1 Å². The molecule has 0 fully saturated rings. The fourth-order valence-corrected chi connectivity index (χ4v) is 2.51. The standard InChI is InChI=1S/C21H20FN3O2/c1-27-19-9-4-16(5-10-19)21(26)25-20-11-8-18(14-24-20)23-13-12-15-2-6-17(22)7-3-15/h2-11,14,23H,12-13H2,1H3,(H,24,25,26). The number of anilines is 2. The van der Waals surface area contributed by atoms with Crippen molar-refractivity contribution >= 4 is 17.4 Å². The Hall–Kier alpha value is -3.41. The number of nitrogens with zero attached hydrogens (tertiary/aromatic N) is 1. The number of carbonyl (C=O) groups excluding carboxylic acids is 1. The second-order valence-electron chi connectivity index (χ2n) is 5.92. The summed E-state index contributed by atoms with van der Waals surface area (Å²) in [6.45, 7) is 0.699. The van der Waals surface area contributed by atoms with Crippen LogP contribution in [-0.2, 0) is 6.42 Å². The van der Waals surface area contributed by atoms with Crippen molar-refractivity contribution in [3.63, 3.8) is 0 Å². The Bertz CT molecular complexity index is 879. The first-order valence-electron chi connectivity index (χ1n) is 8.54. The molecule has 3 rings (SSSR count). The van der Waals surface area contributed by atoms with Crippen molar-refractivity contribution in [3.05, 3.63) is 83.8 Å². The van der Waals surface area contributed by atoms with Gasteiger partial charge in [-0.25, -0.2) is 9.37 Å². The summed E-state index contributed by atoms with van der Waals surface area (Å²) in [5, 5.41) is 6.01. The number of ether oxygens (including phenoxy) is 1. The van der Waals surface area contributed by atoms with Gasteiger partial charge in [0.1, 0.15) is 17.4 Å². The van der Waals surface area contributed by atoms with E-state index in [9.17, 15) is 9.18 Å². The van der Waals surface area contributed by atoms with Gasteiger partial charge in [-0.2, -0.15) is 0 Å². The first kappa shape index (κ1) is 18.4. The first-order chi connectivity index (χ1) is 13.1. The monoisotopic (exact) mass is 365 g/mol. The second-order valence-corrected chi connectivity index (χ2v) is 5.92. The number of rotatable bonds is 7. The van der Waals surface area contributed by atoms with E-state index in [0.29, 0.717) is 23.7 Å². The van der Waals surface area contributed by atoms with Crippen LogP contribution in [0.5, 0.6) is 5.75 Å². The Morgan fingerprint density at radius 2 is 1.78 bits per heavy atom. The molecule has 138 valence electrons. The Morgan fingerprint density at radius 3 is 2.41 bits per heavy atom. The number of halogens is 1. The molecule has 2 N–H and O–H groups in total. The molecule has 27 heavy (non-hydrogen) atoms. The number of nitrogens with one attached hydrogen (secondary N) is 2. The molecule has 0 bridgehead atoms. The summed E-state index contributed by atoms with van der Waals surface area (Å²) in [6, 6.07) is 16.9. The normalized spacial score (nSPS) is 10.3. The van der Waals surface area contributed by atoms with E-state index in [1.165, 1.54) is 12.1 Å². The number of methoxy groups -OCH3 is 1. The summed E-state index contributed by atoms with van der Waals surface area (Å²) >= 11 is 0. The third kappa shape index (κ3) is 5.28. The van der Waals surface area contributed by atoms with Gasteiger partial charge in [-0.05, 0) is 60.5 Å². The summed E-state index contributed by atoms with van der Waals surface area (Å²) in [5.74, 6) is 0.700. The molecule has 1 heterocycles. The van der Waals surface area contributed by atoms with E-state index < -0.39 is 0 Å². The van der Waals surface area contributed by atoms with Gasteiger partial charge in [0.05, 0.1) is 19.0 Å². The van der Waals surface area contributed by atoms with E-state index >= 15 is 0 Å². The van der Waals surface area contributed by atoms with E-state index in [0.717, 1.165) is 17.7 Å². The van der Waals surface area contributed by atoms with Crippen LogP contribution in [0.25, 0.3) is 0 Å². The summed E-state index contributed by atoms with van der Waals surface area (Å²) in [5.41, 5.74) is 2.43. The van der Waals surface area contributed by atoms with Crippen molar-refractivity contribution in [3.8, 4) is 5.75 Å². The Balaban J connectivity index is 1.50. The van der Waals surface area contributed by atoms with Gasteiger partial charge in [-0.1, -0.05) is 12.1 Å². The number of benzene rings is 2. The van der Waals surface area contributed by atoms with Gasteiger partial charge in [0.2, 0.25) is 0 Å². The van der Waals surface area contributed by atoms with Gasteiger partial charge in [-0.3, -0.25) is 4.79 Å². The van der Waals surface area contributed by atoms with E-state index in [4.69, 9.17) is 4.74 Å². The van der Waals surface area contributed by atoms with E-state index in [1.807, 2.05) is 6.07 Å². The summed E-state index contributed by atoms with van der Waals surface area (Å²) < 4.78 is 18.0. The highest BCUT2D eigenvalue weighted by Gasteiger charge is 2.07. The summed E-state index contributed by atoms with van der Waals surface area (Å²) in [6.07, 6.45) is 2.44. The van der Waals surface area contributed by atoms with Crippen LogP contribution >= 0.6 is 0 Å². The molecule has 1 amide bonds. The van der Waals surface area contributed by atoms with Crippen molar-refractivity contribution < 1.29 is 13.9 Å². The second kappa shape index (κ2) is 8.80. The van der Waals surface area contributed by atoms with E-state index in [1.54, 1.807) is 55.8 Å². The van der Waals surface area contributed by atoms with E-state index in [2.05, 4.69) is 15.6 Å². The fraction of sp³-hybridized carbons (Fsp3) is 0.143. The molecule has 0 saturated carbocycles. The fourth-order valence-electron chi connectivity index (χ4n) is 2.51. The van der Waals surface area contributed by atoms with Crippen molar-refractivity contribution in [1.29, 1.82) is 0 Å². The lowest BCUT2D eigenvalue weighted by atomic mass is 10.1. The molecular weight excluding hydrogens is 345 g/mol. The maximum Gasteiger partial charge on any atom is 0.256 e. The SMILES string of the molecule is COc1ccc(C(=O)Nc2ccc(NCCc3ccc(F)cc3)cn2)cc1. The zero-order chi connectivity index (χ0) is 19.1. The first-order valence-corrected chi connectivity index (χ1v) is 8.54. The molecule has 0 aliphatic carbocycles. The van der Waals surface area contributed by atoms with Crippen LogP contribution in [0.4, 0.5) is 15.9 Å². The largest absolute Gasteiger partial charge is 0.497 e. The van der Waals surface area contributed by atoms with Gasteiger partial charge < -0.3 is 15.4 Å². The lowest BCUT2D eigenvalue weighted by Gasteiger charge is -2.08. The van der Waals surface area contributed by atoms with Crippen LogP contribution in [-0.4, -0.2) is 24.5 Å². The lowest BCUT2D eigenvalue weighted by Crippen LogP contribution is -2.13. The third-order valence-corrected chi connectivity index (χ3v) is 4.01. The van der Waals surface area contributed by atoms with Crippen molar-refractivity contribution in [2.45, 2.75) is 6.42 Å².